The molecule has 0 aliphatic rings. The summed E-state index contributed by atoms with van der Waals surface area (Å²) in [4.78, 5) is 20.2. The van der Waals surface area contributed by atoms with E-state index in [4.69, 9.17) is 0 Å². The van der Waals surface area contributed by atoms with Gasteiger partial charge in [-0.2, -0.15) is 9.98 Å². The highest BCUT2D eigenvalue weighted by molar-refractivity contribution is 5.97. The van der Waals surface area contributed by atoms with Crippen molar-refractivity contribution in [2.75, 3.05) is 0 Å². The molecule has 0 atom stereocenters. The van der Waals surface area contributed by atoms with E-state index in [1.165, 1.54) is 6.21 Å². The van der Waals surface area contributed by atoms with E-state index in [9.17, 15) is 4.79 Å². The van der Waals surface area contributed by atoms with Crippen molar-refractivity contribution in [2.24, 2.45) is 9.98 Å². The Labute approximate surface area is 187 Å². The zero-order valence-corrected chi connectivity index (χ0v) is 17.5. The second-order valence-corrected chi connectivity index (χ2v) is 7.17. The van der Waals surface area contributed by atoms with E-state index in [1.807, 2.05) is 78.9 Å². The minimum atomic E-state index is -0.544. The third-order valence-corrected chi connectivity index (χ3v) is 4.84. The van der Waals surface area contributed by atoms with Crippen molar-refractivity contribution in [3.05, 3.63) is 142 Å². The fraction of sp³-hybridized carbons (Fsp3) is 0. The average Bonchev–Trinajstić information content (AvgIpc) is 2.85. The van der Waals surface area contributed by atoms with Gasteiger partial charge in [0.25, 0.3) is 0 Å². The second-order valence-electron chi connectivity index (χ2n) is 7.17. The summed E-state index contributed by atoms with van der Waals surface area (Å²) in [6.07, 6.45) is 7.34. The van der Waals surface area contributed by atoms with Crippen molar-refractivity contribution in [1.82, 2.24) is 0 Å². The molecule has 4 aromatic rings. The molecule has 0 N–H and O–H groups in total. The second kappa shape index (κ2) is 10.6. The number of carbonyl (C=O) groups is 1. The number of urea groups is 1. The van der Waals surface area contributed by atoms with Crippen LogP contribution < -0.4 is 10.4 Å². The third-order valence-electron chi connectivity index (χ3n) is 4.84. The van der Waals surface area contributed by atoms with Crippen molar-refractivity contribution in [3.63, 3.8) is 0 Å². The Morgan fingerprint density at radius 3 is 1.69 bits per heavy atom. The molecule has 2 amide bonds. The molecule has 154 valence electrons. The molecule has 0 bridgehead atoms. The molecule has 0 saturated carbocycles. The molecule has 3 heteroatoms. The SMILES string of the molecule is O=C(N=Cc1ccccc1)N=Cc1cccc(=Cc2ccccc2)c1=Cc1ccccc1. The Hall–Kier alpha value is -4.37. The smallest absolute Gasteiger partial charge is 0.244 e. The van der Waals surface area contributed by atoms with Crippen LogP contribution in [-0.4, -0.2) is 18.5 Å². The molecule has 0 spiro atoms. The van der Waals surface area contributed by atoms with E-state index in [-0.39, 0.29) is 0 Å². The highest BCUT2D eigenvalue weighted by Crippen LogP contribution is 2.01. The Kier molecular flexibility index (Phi) is 6.92. The molecule has 4 rings (SSSR count). The molecular formula is C29H22N2O. The summed E-state index contributed by atoms with van der Waals surface area (Å²) in [5, 5.41) is 2.04. The van der Waals surface area contributed by atoms with Gasteiger partial charge in [0.1, 0.15) is 0 Å². The van der Waals surface area contributed by atoms with E-state index in [0.29, 0.717) is 0 Å². The number of benzene rings is 4. The summed E-state index contributed by atoms with van der Waals surface area (Å²) in [7, 11) is 0. The topological polar surface area (TPSA) is 41.8 Å². The number of hydrogen-bond acceptors (Lipinski definition) is 1. The van der Waals surface area contributed by atoms with Crippen LogP contribution in [0, 0.1) is 0 Å². The standard InChI is InChI=1S/C29H22N2O/c32-29(30-21-25-15-8-3-9-16-25)31-22-27-18-10-17-26(19-23-11-4-1-5-12-23)28(27)20-24-13-6-2-7-14-24/h1-22H. The van der Waals surface area contributed by atoms with Gasteiger partial charge in [-0.25, -0.2) is 4.79 Å². The molecule has 0 saturated heterocycles. The van der Waals surface area contributed by atoms with Gasteiger partial charge >= 0.3 is 6.03 Å². The summed E-state index contributed by atoms with van der Waals surface area (Å²) in [5.41, 5.74) is 3.88. The minimum Gasteiger partial charge on any atom is -0.244 e. The molecule has 0 aromatic heterocycles. The first-order chi connectivity index (χ1) is 15.8. The van der Waals surface area contributed by atoms with Gasteiger partial charge in [0.2, 0.25) is 0 Å². The number of amides is 2. The van der Waals surface area contributed by atoms with Crippen LogP contribution in [0.25, 0.3) is 12.2 Å². The normalized spacial score (nSPS) is 12.6. The summed E-state index contributed by atoms with van der Waals surface area (Å²) in [6, 6.07) is 35.2. The van der Waals surface area contributed by atoms with Crippen LogP contribution >= 0.6 is 0 Å². The van der Waals surface area contributed by atoms with Gasteiger partial charge in [0.15, 0.2) is 0 Å². The maximum absolute atomic E-state index is 12.2. The van der Waals surface area contributed by atoms with E-state index < -0.39 is 6.03 Å². The first-order valence-corrected chi connectivity index (χ1v) is 10.4. The van der Waals surface area contributed by atoms with Crippen molar-refractivity contribution in [1.29, 1.82) is 0 Å². The number of carbonyl (C=O) groups excluding carboxylic acids is 1. The fourth-order valence-corrected chi connectivity index (χ4v) is 3.28. The van der Waals surface area contributed by atoms with Gasteiger partial charge in [-0.3, -0.25) is 0 Å². The van der Waals surface area contributed by atoms with Crippen LogP contribution in [0.4, 0.5) is 4.79 Å². The Bertz CT molecular complexity index is 1360. The highest BCUT2D eigenvalue weighted by Gasteiger charge is 1.99. The number of hydrogen-bond donors (Lipinski definition) is 0. The van der Waals surface area contributed by atoms with E-state index in [0.717, 1.165) is 32.7 Å². The Morgan fingerprint density at radius 1 is 0.531 bits per heavy atom. The van der Waals surface area contributed by atoms with Crippen molar-refractivity contribution < 1.29 is 4.79 Å². The molecule has 32 heavy (non-hydrogen) atoms. The summed E-state index contributed by atoms with van der Waals surface area (Å²) >= 11 is 0. The van der Waals surface area contributed by atoms with Crippen molar-refractivity contribution >= 4 is 30.6 Å². The molecule has 0 fully saturated rings. The van der Waals surface area contributed by atoms with Crippen LogP contribution in [0.1, 0.15) is 22.3 Å². The van der Waals surface area contributed by atoms with Crippen LogP contribution in [0.2, 0.25) is 0 Å². The Balaban J connectivity index is 1.73. The molecule has 0 radical (unpaired) electrons. The van der Waals surface area contributed by atoms with Crippen LogP contribution in [-0.2, 0) is 0 Å². The molecule has 3 nitrogen and oxygen atoms in total. The van der Waals surface area contributed by atoms with Crippen LogP contribution in [0.3, 0.4) is 0 Å². The predicted octanol–water partition coefficient (Wildman–Crippen LogP) is 5.00. The van der Waals surface area contributed by atoms with Crippen molar-refractivity contribution in [3.8, 4) is 0 Å². The van der Waals surface area contributed by atoms with E-state index >= 15 is 0 Å². The molecule has 0 heterocycles. The first kappa shape index (κ1) is 20.9. The van der Waals surface area contributed by atoms with Crippen molar-refractivity contribution in [2.45, 2.75) is 0 Å². The number of aliphatic imine (C=N–C) groups is 2. The van der Waals surface area contributed by atoms with Gasteiger partial charge in [0, 0.05) is 18.0 Å². The predicted molar refractivity (Wildman–Crippen MR) is 133 cm³/mol. The van der Waals surface area contributed by atoms with Gasteiger partial charge < -0.3 is 0 Å². The molecule has 0 aliphatic heterocycles. The zero-order chi connectivity index (χ0) is 22.0. The zero-order valence-electron chi connectivity index (χ0n) is 17.5. The Morgan fingerprint density at radius 2 is 1.06 bits per heavy atom. The monoisotopic (exact) mass is 414 g/mol. The fourth-order valence-electron chi connectivity index (χ4n) is 3.28. The van der Waals surface area contributed by atoms with Crippen LogP contribution in [0.15, 0.2) is 119 Å². The maximum Gasteiger partial charge on any atom is 0.366 e. The molecule has 4 aromatic carbocycles. The molecule has 0 aliphatic carbocycles. The summed E-state index contributed by atoms with van der Waals surface area (Å²) in [6.45, 7) is 0. The summed E-state index contributed by atoms with van der Waals surface area (Å²) < 4.78 is 0. The van der Waals surface area contributed by atoms with Gasteiger partial charge in [-0.15, -0.1) is 0 Å². The largest absolute Gasteiger partial charge is 0.366 e. The van der Waals surface area contributed by atoms with Crippen LogP contribution in [0.5, 0.6) is 0 Å². The lowest BCUT2D eigenvalue weighted by Crippen LogP contribution is -2.28. The van der Waals surface area contributed by atoms with E-state index in [2.05, 4.69) is 52.5 Å². The number of nitrogens with zero attached hydrogens (tertiary/aromatic N) is 2. The lowest BCUT2D eigenvalue weighted by Gasteiger charge is -2.00. The highest BCUT2D eigenvalue weighted by atomic mass is 16.2. The minimum absolute atomic E-state index is 0.544. The third kappa shape index (κ3) is 5.83. The average molecular weight is 415 g/mol. The lowest BCUT2D eigenvalue weighted by atomic mass is 10.1. The lowest BCUT2D eigenvalue weighted by molar-refractivity contribution is 0.257. The quantitative estimate of drug-likeness (QED) is 0.433. The maximum atomic E-state index is 12.2. The number of rotatable bonds is 4. The summed E-state index contributed by atoms with van der Waals surface area (Å²) in [5.74, 6) is 0. The van der Waals surface area contributed by atoms with Gasteiger partial charge in [-0.05, 0) is 39.3 Å². The van der Waals surface area contributed by atoms with Gasteiger partial charge in [0.05, 0.1) is 0 Å². The first-order valence-electron chi connectivity index (χ1n) is 10.4. The molecule has 0 unspecified atom stereocenters. The van der Waals surface area contributed by atoms with E-state index in [1.54, 1.807) is 6.21 Å². The molecular weight excluding hydrogens is 392 g/mol. The van der Waals surface area contributed by atoms with Gasteiger partial charge in [-0.1, -0.05) is 109 Å².